The lowest BCUT2D eigenvalue weighted by Gasteiger charge is -2.31. The molecular weight excluding hydrogens is 406 g/mol. The minimum atomic E-state index is -0.404. The monoisotopic (exact) mass is 431 g/mol. The summed E-state index contributed by atoms with van der Waals surface area (Å²) in [6, 6.07) is 16.7. The van der Waals surface area contributed by atoms with Crippen LogP contribution in [0.2, 0.25) is 0 Å². The van der Waals surface area contributed by atoms with Crippen molar-refractivity contribution in [2.45, 2.75) is 19.5 Å². The molecule has 2 heterocycles. The molecule has 1 aliphatic heterocycles. The smallest absolute Gasteiger partial charge is 0.264 e. The number of nitrogens with one attached hydrogen (secondary N) is 1. The molecule has 32 heavy (non-hydrogen) atoms. The third-order valence-corrected chi connectivity index (χ3v) is 5.74. The number of nitrogens with zero attached hydrogens (tertiary/aromatic N) is 2. The van der Waals surface area contributed by atoms with E-state index in [-0.39, 0.29) is 17.0 Å². The van der Waals surface area contributed by atoms with Crippen LogP contribution in [0.5, 0.6) is 5.75 Å². The minimum absolute atomic E-state index is 0.143. The van der Waals surface area contributed by atoms with Gasteiger partial charge in [-0.2, -0.15) is 0 Å². The summed E-state index contributed by atoms with van der Waals surface area (Å²) in [5.74, 6) is -0.0306. The van der Waals surface area contributed by atoms with Crippen molar-refractivity contribution in [3.8, 4) is 5.75 Å². The number of carbonyl (C=O) groups is 2. The summed E-state index contributed by atoms with van der Waals surface area (Å²) in [7, 11) is 3.05. The topological polar surface area (TPSA) is 80.6 Å². The van der Waals surface area contributed by atoms with Crippen LogP contribution in [0.15, 0.2) is 65.6 Å². The summed E-state index contributed by atoms with van der Waals surface area (Å²) < 4.78 is 6.90. The number of hydrogen-bond donors (Lipinski definition) is 1. The van der Waals surface area contributed by atoms with Crippen molar-refractivity contribution in [3.63, 3.8) is 0 Å². The zero-order valence-electron chi connectivity index (χ0n) is 18.1. The number of fused-ring (bicyclic) bond motifs is 1. The molecule has 1 aromatic heterocycles. The Morgan fingerprint density at radius 3 is 2.50 bits per heavy atom. The third kappa shape index (κ3) is 4.01. The van der Waals surface area contributed by atoms with E-state index in [1.165, 1.54) is 14.2 Å². The average Bonchev–Trinajstić information content (AvgIpc) is 2.84. The fourth-order valence-electron chi connectivity index (χ4n) is 4.13. The number of methoxy groups -OCH3 is 1. The van der Waals surface area contributed by atoms with Crippen LogP contribution in [-0.2, 0) is 19.5 Å². The SMILES string of the molecule is CNC(=O)c1c2c(cn(Cc3ccccc3)c1=O)CN(C(=O)c1ccccc1OC)CC2. The molecule has 7 nitrogen and oxygen atoms in total. The first-order valence-electron chi connectivity index (χ1n) is 10.5. The molecular formula is C25H25N3O4. The number of amides is 2. The second-order valence-electron chi connectivity index (χ2n) is 7.68. The number of pyridine rings is 1. The van der Waals surface area contributed by atoms with E-state index >= 15 is 0 Å². The predicted molar refractivity (Wildman–Crippen MR) is 121 cm³/mol. The maximum absolute atomic E-state index is 13.2. The Morgan fingerprint density at radius 1 is 1.06 bits per heavy atom. The van der Waals surface area contributed by atoms with Crippen LogP contribution >= 0.6 is 0 Å². The van der Waals surface area contributed by atoms with Gasteiger partial charge in [0.25, 0.3) is 17.4 Å². The van der Waals surface area contributed by atoms with Gasteiger partial charge in [-0.3, -0.25) is 14.4 Å². The van der Waals surface area contributed by atoms with E-state index in [1.54, 1.807) is 33.9 Å². The molecule has 0 fully saturated rings. The standard InChI is InChI=1S/C25H25N3O4/c1-26-23(29)22-19-12-13-27(24(30)20-10-6-7-11-21(20)32-2)15-18(19)16-28(25(22)31)14-17-8-4-3-5-9-17/h3-11,16H,12-15H2,1-2H3,(H,26,29). The highest BCUT2D eigenvalue weighted by Crippen LogP contribution is 2.25. The maximum Gasteiger partial charge on any atom is 0.264 e. The molecule has 0 aliphatic carbocycles. The Kier molecular flexibility index (Phi) is 6.07. The van der Waals surface area contributed by atoms with E-state index in [1.807, 2.05) is 36.4 Å². The molecule has 0 bridgehead atoms. The summed E-state index contributed by atoms with van der Waals surface area (Å²) in [6.45, 7) is 1.07. The van der Waals surface area contributed by atoms with Crippen molar-refractivity contribution in [2.24, 2.45) is 0 Å². The fraction of sp³-hybridized carbons (Fsp3) is 0.240. The van der Waals surface area contributed by atoms with Crippen molar-refractivity contribution in [2.75, 3.05) is 20.7 Å². The highest BCUT2D eigenvalue weighted by Gasteiger charge is 2.29. The quantitative estimate of drug-likeness (QED) is 0.673. The summed E-state index contributed by atoms with van der Waals surface area (Å²) in [6.07, 6.45) is 2.21. The summed E-state index contributed by atoms with van der Waals surface area (Å²) >= 11 is 0. The van der Waals surface area contributed by atoms with Crippen LogP contribution < -0.4 is 15.6 Å². The highest BCUT2D eigenvalue weighted by molar-refractivity contribution is 5.98. The Labute approximate surface area is 186 Å². The van der Waals surface area contributed by atoms with Crippen LogP contribution in [-0.4, -0.2) is 42.0 Å². The minimum Gasteiger partial charge on any atom is -0.496 e. The van der Waals surface area contributed by atoms with Crippen molar-refractivity contribution < 1.29 is 14.3 Å². The molecule has 0 radical (unpaired) electrons. The van der Waals surface area contributed by atoms with Crippen LogP contribution in [0, 0.1) is 0 Å². The van der Waals surface area contributed by atoms with E-state index in [2.05, 4.69) is 5.32 Å². The number of rotatable bonds is 5. The molecule has 1 N–H and O–H groups in total. The normalized spacial score (nSPS) is 12.8. The molecule has 0 spiro atoms. The lowest BCUT2D eigenvalue weighted by molar-refractivity contribution is 0.0730. The molecule has 3 aromatic rings. The number of para-hydroxylation sites is 1. The van der Waals surface area contributed by atoms with Gasteiger partial charge in [-0.1, -0.05) is 42.5 Å². The van der Waals surface area contributed by atoms with Crippen molar-refractivity contribution in [3.05, 3.63) is 99.0 Å². The van der Waals surface area contributed by atoms with Crippen molar-refractivity contribution >= 4 is 11.8 Å². The maximum atomic E-state index is 13.2. The number of carbonyl (C=O) groups excluding carboxylic acids is 2. The Hall–Kier alpha value is -3.87. The van der Waals surface area contributed by atoms with Crippen molar-refractivity contribution in [1.29, 1.82) is 0 Å². The van der Waals surface area contributed by atoms with Gasteiger partial charge in [0.2, 0.25) is 0 Å². The lowest BCUT2D eigenvalue weighted by Crippen LogP contribution is -2.41. The molecule has 1 aliphatic rings. The molecule has 164 valence electrons. The van der Waals surface area contributed by atoms with Gasteiger partial charge in [-0.15, -0.1) is 0 Å². The highest BCUT2D eigenvalue weighted by atomic mass is 16.5. The molecule has 0 saturated heterocycles. The Bertz CT molecular complexity index is 1220. The number of hydrogen-bond acceptors (Lipinski definition) is 4. The van der Waals surface area contributed by atoms with Crippen LogP contribution in [0.3, 0.4) is 0 Å². The zero-order chi connectivity index (χ0) is 22.7. The molecule has 7 heteroatoms. The Morgan fingerprint density at radius 2 is 1.78 bits per heavy atom. The molecule has 2 aromatic carbocycles. The summed E-state index contributed by atoms with van der Waals surface area (Å²) in [5, 5.41) is 2.59. The second kappa shape index (κ2) is 9.09. The fourth-order valence-corrected chi connectivity index (χ4v) is 4.13. The van der Waals surface area contributed by atoms with Crippen LogP contribution in [0.1, 0.15) is 37.4 Å². The van der Waals surface area contributed by atoms with Gasteiger partial charge in [-0.25, -0.2) is 0 Å². The first-order chi connectivity index (χ1) is 15.5. The second-order valence-corrected chi connectivity index (χ2v) is 7.68. The molecule has 0 saturated carbocycles. The van der Waals surface area contributed by atoms with Crippen LogP contribution in [0.25, 0.3) is 0 Å². The summed E-state index contributed by atoms with van der Waals surface area (Å²) in [5.41, 5.74) is 2.79. The van der Waals surface area contributed by atoms with Gasteiger partial charge in [-0.05, 0) is 35.2 Å². The largest absolute Gasteiger partial charge is 0.496 e. The molecule has 4 rings (SSSR count). The lowest BCUT2D eigenvalue weighted by atomic mass is 9.95. The van der Waals surface area contributed by atoms with Crippen LogP contribution in [0.4, 0.5) is 0 Å². The van der Waals surface area contributed by atoms with Crippen molar-refractivity contribution in [1.82, 2.24) is 14.8 Å². The average molecular weight is 431 g/mol. The molecule has 0 atom stereocenters. The van der Waals surface area contributed by atoms with Gasteiger partial charge >= 0.3 is 0 Å². The van der Waals surface area contributed by atoms with Gasteiger partial charge in [0.05, 0.1) is 19.2 Å². The summed E-state index contributed by atoms with van der Waals surface area (Å²) in [4.78, 5) is 40.7. The first-order valence-corrected chi connectivity index (χ1v) is 10.5. The van der Waals surface area contributed by atoms with E-state index in [9.17, 15) is 14.4 Å². The molecule has 0 unspecified atom stereocenters. The first kappa shape index (κ1) is 21.4. The Balaban J connectivity index is 1.73. The van der Waals surface area contributed by atoms with E-state index < -0.39 is 5.91 Å². The van der Waals surface area contributed by atoms with E-state index in [0.717, 1.165) is 11.1 Å². The number of aromatic nitrogens is 1. The van der Waals surface area contributed by atoms with Gasteiger partial charge in [0.15, 0.2) is 0 Å². The number of benzene rings is 2. The van der Waals surface area contributed by atoms with Gasteiger partial charge < -0.3 is 19.5 Å². The van der Waals surface area contributed by atoms with Gasteiger partial charge in [0, 0.05) is 26.3 Å². The molecule has 2 amide bonds. The zero-order valence-corrected chi connectivity index (χ0v) is 18.1. The third-order valence-electron chi connectivity index (χ3n) is 5.74. The van der Waals surface area contributed by atoms with Gasteiger partial charge in [0.1, 0.15) is 11.3 Å². The van der Waals surface area contributed by atoms with E-state index in [0.29, 0.717) is 42.9 Å². The number of ether oxygens (including phenoxy) is 1. The van der Waals surface area contributed by atoms with E-state index in [4.69, 9.17) is 4.74 Å². The predicted octanol–water partition coefficient (Wildman–Crippen LogP) is 2.46.